The number of hydrogen-bond acceptors (Lipinski definition) is 3. The fraction of sp³-hybridized carbons (Fsp3) is 0.600. The normalized spacial score (nSPS) is 12.5. The summed E-state index contributed by atoms with van der Waals surface area (Å²) in [7, 11) is 1.85. The lowest BCUT2D eigenvalue weighted by molar-refractivity contribution is -0.140. The highest BCUT2D eigenvalue weighted by atomic mass is 16.4. The molecule has 0 radical (unpaired) electrons. The standard InChI is InChI=1S/C10H17N3O2/c1-4-8-9(6-13(3)12-8)11-5-7(2)10(14)15/h6-7,11H,4-5H2,1-3H3,(H,14,15). The fourth-order valence-electron chi connectivity index (χ4n) is 1.29. The zero-order valence-corrected chi connectivity index (χ0v) is 9.32. The number of carboxylic acid groups (broad SMARTS) is 1. The number of nitrogens with one attached hydrogen (secondary N) is 1. The maximum Gasteiger partial charge on any atom is 0.308 e. The zero-order chi connectivity index (χ0) is 11.4. The molecule has 0 amide bonds. The second-order valence-electron chi connectivity index (χ2n) is 3.64. The summed E-state index contributed by atoms with van der Waals surface area (Å²) in [5.74, 6) is -1.18. The first-order valence-corrected chi connectivity index (χ1v) is 5.03. The first-order valence-electron chi connectivity index (χ1n) is 5.03. The first kappa shape index (κ1) is 11.6. The highest BCUT2D eigenvalue weighted by Gasteiger charge is 2.12. The molecule has 0 aliphatic heterocycles. The molecule has 0 bridgehead atoms. The Labute approximate surface area is 89.1 Å². The Balaban J connectivity index is 2.60. The molecule has 0 saturated carbocycles. The van der Waals surface area contributed by atoms with Gasteiger partial charge in [-0.15, -0.1) is 0 Å². The molecule has 1 heterocycles. The van der Waals surface area contributed by atoms with Gasteiger partial charge in [0.15, 0.2) is 0 Å². The van der Waals surface area contributed by atoms with Gasteiger partial charge in [0, 0.05) is 19.8 Å². The zero-order valence-electron chi connectivity index (χ0n) is 9.32. The molecule has 5 nitrogen and oxygen atoms in total. The first-order chi connectivity index (χ1) is 7.04. The molecule has 1 rings (SSSR count). The highest BCUT2D eigenvalue weighted by Crippen LogP contribution is 2.14. The van der Waals surface area contributed by atoms with E-state index in [4.69, 9.17) is 5.11 Å². The molecule has 1 aromatic rings. The summed E-state index contributed by atoms with van der Waals surface area (Å²) in [5.41, 5.74) is 1.89. The Morgan fingerprint density at radius 2 is 2.40 bits per heavy atom. The summed E-state index contributed by atoms with van der Waals surface area (Å²) >= 11 is 0. The maximum atomic E-state index is 10.6. The number of aryl methyl sites for hydroxylation is 2. The van der Waals surface area contributed by atoms with Gasteiger partial charge in [0.2, 0.25) is 0 Å². The summed E-state index contributed by atoms with van der Waals surface area (Å²) in [6.45, 7) is 4.12. The molecule has 15 heavy (non-hydrogen) atoms. The molecule has 1 unspecified atom stereocenters. The summed E-state index contributed by atoms with van der Waals surface area (Å²) < 4.78 is 1.73. The predicted octanol–water partition coefficient (Wildman–Crippen LogP) is 1.12. The van der Waals surface area contributed by atoms with E-state index in [2.05, 4.69) is 10.4 Å². The van der Waals surface area contributed by atoms with E-state index in [1.54, 1.807) is 11.6 Å². The van der Waals surface area contributed by atoms with E-state index in [1.165, 1.54) is 0 Å². The van der Waals surface area contributed by atoms with E-state index in [-0.39, 0.29) is 0 Å². The number of aromatic nitrogens is 2. The van der Waals surface area contributed by atoms with E-state index < -0.39 is 11.9 Å². The van der Waals surface area contributed by atoms with Gasteiger partial charge in [0.1, 0.15) is 0 Å². The van der Waals surface area contributed by atoms with Gasteiger partial charge in [0.25, 0.3) is 0 Å². The highest BCUT2D eigenvalue weighted by molar-refractivity contribution is 5.70. The van der Waals surface area contributed by atoms with Crippen LogP contribution in [-0.2, 0) is 18.3 Å². The van der Waals surface area contributed by atoms with E-state index in [0.717, 1.165) is 17.8 Å². The number of aliphatic carboxylic acids is 1. The van der Waals surface area contributed by atoms with Gasteiger partial charge in [-0.1, -0.05) is 13.8 Å². The molecule has 2 N–H and O–H groups in total. The van der Waals surface area contributed by atoms with Crippen LogP contribution in [0, 0.1) is 5.92 Å². The largest absolute Gasteiger partial charge is 0.481 e. The average Bonchev–Trinajstić information content (AvgIpc) is 2.55. The third-order valence-electron chi connectivity index (χ3n) is 2.26. The van der Waals surface area contributed by atoms with Crippen LogP contribution in [0.3, 0.4) is 0 Å². The van der Waals surface area contributed by atoms with Crippen molar-refractivity contribution >= 4 is 11.7 Å². The van der Waals surface area contributed by atoms with Gasteiger partial charge in [-0.05, 0) is 6.42 Å². The van der Waals surface area contributed by atoms with Crippen molar-refractivity contribution in [2.75, 3.05) is 11.9 Å². The van der Waals surface area contributed by atoms with Gasteiger partial charge in [-0.25, -0.2) is 0 Å². The Bertz CT molecular complexity index is 346. The molecular formula is C10H17N3O2. The molecule has 84 valence electrons. The van der Waals surface area contributed by atoms with Crippen molar-refractivity contribution in [1.29, 1.82) is 0 Å². The number of anilines is 1. The van der Waals surface area contributed by atoms with Crippen LogP contribution in [0.1, 0.15) is 19.5 Å². The van der Waals surface area contributed by atoms with E-state index in [1.807, 2.05) is 20.2 Å². The third-order valence-corrected chi connectivity index (χ3v) is 2.26. The summed E-state index contributed by atoms with van der Waals surface area (Å²) in [6, 6.07) is 0. The maximum absolute atomic E-state index is 10.6. The number of rotatable bonds is 5. The Morgan fingerprint density at radius 3 is 2.93 bits per heavy atom. The van der Waals surface area contributed by atoms with Gasteiger partial charge in [0.05, 0.1) is 17.3 Å². The SMILES string of the molecule is CCc1nn(C)cc1NCC(C)C(=O)O. The summed E-state index contributed by atoms with van der Waals surface area (Å²) in [4.78, 5) is 10.6. The van der Waals surface area contributed by atoms with E-state index in [9.17, 15) is 4.79 Å². The Morgan fingerprint density at radius 1 is 1.73 bits per heavy atom. The van der Waals surface area contributed by atoms with E-state index in [0.29, 0.717) is 6.54 Å². The molecule has 0 spiro atoms. The van der Waals surface area contributed by atoms with Crippen molar-refractivity contribution < 1.29 is 9.90 Å². The monoisotopic (exact) mass is 211 g/mol. The van der Waals surface area contributed by atoms with Crippen molar-refractivity contribution in [3.8, 4) is 0 Å². The smallest absolute Gasteiger partial charge is 0.308 e. The molecule has 0 aliphatic carbocycles. The van der Waals surface area contributed by atoms with Crippen LogP contribution in [0.2, 0.25) is 0 Å². The lowest BCUT2D eigenvalue weighted by atomic mass is 10.2. The quantitative estimate of drug-likeness (QED) is 0.765. The summed E-state index contributed by atoms with van der Waals surface area (Å²) in [6.07, 6.45) is 2.71. The van der Waals surface area contributed by atoms with Crippen LogP contribution in [0.15, 0.2) is 6.20 Å². The van der Waals surface area contributed by atoms with E-state index >= 15 is 0 Å². The Hall–Kier alpha value is -1.52. The number of carbonyl (C=O) groups is 1. The number of nitrogens with zero attached hydrogens (tertiary/aromatic N) is 2. The van der Waals surface area contributed by atoms with Gasteiger partial charge in [-0.3, -0.25) is 9.48 Å². The minimum Gasteiger partial charge on any atom is -0.481 e. The van der Waals surface area contributed by atoms with Crippen LogP contribution in [0.4, 0.5) is 5.69 Å². The molecule has 0 aromatic carbocycles. The van der Waals surface area contributed by atoms with Gasteiger partial charge >= 0.3 is 5.97 Å². The number of hydrogen-bond donors (Lipinski definition) is 2. The molecule has 0 fully saturated rings. The molecule has 5 heteroatoms. The minimum absolute atomic E-state index is 0.394. The van der Waals surface area contributed by atoms with Crippen LogP contribution >= 0.6 is 0 Å². The molecule has 0 saturated heterocycles. The van der Waals surface area contributed by atoms with Crippen molar-refractivity contribution in [1.82, 2.24) is 9.78 Å². The van der Waals surface area contributed by atoms with Crippen molar-refractivity contribution in [3.63, 3.8) is 0 Å². The topological polar surface area (TPSA) is 67.2 Å². The molecular weight excluding hydrogens is 194 g/mol. The molecule has 0 aliphatic rings. The van der Waals surface area contributed by atoms with Crippen LogP contribution in [0.5, 0.6) is 0 Å². The second kappa shape index (κ2) is 4.82. The van der Waals surface area contributed by atoms with Crippen molar-refractivity contribution in [3.05, 3.63) is 11.9 Å². The van der Waals surface area contributed by atoms with Crippen molar-refractivity contribution in [2.24, 2.45) is 13.0 Å². The van der Waals surface area contributed by atoms with Gasteiger partial charge < -0.3 is 10.4 Å². The second-order valence-corrected chi connectivity index (χ2v) is 3.64. The lowest BCUT2D eigenvalue weighted by Crippen LogP contribution is -2.19. The summed E-state index contributed by atoms with van der Waals surface area (Å²) in [5, 5.41) is 16.1. The third kappa shape index (κ3) is 2.97. The average molecular weight is 211 g/mol. The van der Waals surface area contributed by atoms with Crippen LogP contribution in [-0.4, -0.2) is 27.4 Å². The Kier molecular flexibility index (Phi) is 3.71. The fourth-order valence-corrected chi connectivity index (χ4v) is 1.29. The number of carboxylic acids is 1. The molecule has 1 aromatic heterocycles. The van der Waals surface area contributed by atoms with Crippen LogP contribution < -0.4 is 5.32 Å². The lowest BCUT2D eigenvalue weighted by Gasteiger charge is -2.08. The van der Waals surface area contributed by atoms with Crippen LogP contribution in [0.25, 0.3) is 0 Å². The van der Waals surface area contributed by atoms with Gasteiger partial charge in [-0.2, -0.15) is 5.10 Å². The van der Waals surface area contributed by atoms with Crippen molar-refractivity contribution in [2.45, 2.75) is 20.3 Å². The molecule has 1 atom stereocenters. The minimum atomic E-state index is -0.788. The predicted molar refractivity (Wildman–Crippen MR) is 57.9 cm³/mol.